The van der Waals surface area contributed by atoms with Crippen LogP contribution in [-0.4, -0.2) is 18.0 Å². The minimum absolute atomic E-state index is 0.0805. The molecule has 0 unspecified atom stereocenters. The molecule has 0 aliphatic heterocycles. The van der Waals surface area contributed by atoms with Gasteiger partial charge < -0.3 is 14.5 Å². The molecular weight excluding hydrogens is 411 g/mol. The molecule has 2 heterocycles. The van der Waals surface area contributed by atoms with E-state index < -0.39 is 11.5 Å². The van der Waals surface area contributed by atoms with E-state index in [0.717, 1.165) is 3.57 Å². The second-order valence-corrected chi connectivity index (χ2v) is 5.91. The van der Waals surface area contributed by atoms with Gasteiger partial charge in [0.2, 0.25) is 0 Å². The first-order valence-corrected chi connectivity index (χ1v) is 7.69. The number of carbonyl (C=O) groups is 1. The number of methoxy groups -OCH3 is 1. The number of pyridine rings is 1. The predicted molar refractivity (Wildman–Crippen MR) is 93.9 cm³/mol. The van der Waals surface area contributed by atoms with Gasteiger partial charge in [0.25, 0.3) is 5.91 Å². The van der Waals surface area contributed by atoms with Crippen LogP contribution in [0.2, 0.25) is 0 Å². The van der Waals surface area contributed by atoms with E-state index in [0.29, 0.717) is 22.5 Å². The van der Waals surface area contributed by atoms with Crippen molar-refractivity contribution in [2.24, 2.45) is 0 Å². The second kappa shape index (κ2) is 6.37. The third-order valence-corrected chi connectivity index (χ3v) is 3.79. The highest BCUT2D eigenvalue weighted by Crippen LogP contribution is 2.20. The van der Waals surface area contributed by atoms with Gasteiger partial charge in [0.15, 0.2) is 0 Å². The minimum Gasteiger partial charge on any atom is -0.497 e. The number of halogens is 1. The standard InChI is InChI=1S/C16H11IN2O4/c1-22-11-4-2-9-6-12(16(21)23-13(9)7-11)15(20)19-14-5-3-10(17)8-18-14/h2-8H,1H3,(H,18,19,20). The van der Waals surface area contributed by atoms with Crippen LogP contribution >= 0.6 is 22.6 Å². The van der Waals surface area contributed by atoms with E-state index in [1.165, 1.54) is 13.2 Å². The lowest BCUT2D eigenvalue weighted by molar-refractivity contribution is 0.102. The number of hydrogen-bond donors (Lipinski definition) is 1. The number of nitrogens with one attached hydrogen (secondary N) is 1. The Kier molecular flexibility index (Phi) is 4.28. The molecule has 2 aromatic heterocycles. The number of ether oxygens (including phenoxy) is 1. The highest BCUT2D eigenvalue weighted by molar-refractivity contribution is 14.1. The number of benzene rings is 1. The zero-order valence-electron chi connectivity index (χ0n) is 12.0. The summed E-state index contributed by atoms with van der Waals surface area (Å²) in [4.78, 5) is 28.3. The molecule has 0 saturated heterocycles. The number of anilines is 1. The lowest BCUT2D eigenvalue weighted by atomic mass is 10.1. The number of hydrogen-bond acceptors (Lipinski definition) is 5. The van der Waals surface area contributed by atoms with Gasteiger partial charge in [-0.25, -0.2) is 9.78 Å². The number of amides is 1. The van der Waals surface area contributed by atoms with Crippen LogP contribution in [0.3, 0.4) is 0 Å². The maximum Gasteiger partial charge on any atom is 0.349 e. The molecule has 1 aromatic carbocycles. The van der Waals surface area contributed by atoms with Crippen LogP contribution in [0.5, 0.6) is 5.75 Å². The first-order valence-electron chi connectivity index (χ1n) is 6.61. The quantitative estimate of drug-likeness (QED) is 0.519. The molecule has 0 bridgehead atoms. The summed E-state index contributed by atoms with van der Waals surface area (Å²) in [5, 5.41) is 3.21. The van der Waals surface area contributed by atoms with Gasteiger partial charge in [-0.1, -0.05) is 0 Å². The van der Waals surface area contributed by atoms with E-state index in [1.807, 2.05) is 0 Å². The molecule has 1 N–H and O–H groups in total. The summed E-state index contributed by atoms with van der Waals surface area (Å²) in [5.41, 5.74) is -0.435. The van der Waals surface area contributed by atoms with Crippen LogP contribution in [0.4, 0.5) is 5.82 Å². The molecule has 0 aliphatic rings. The molecular formula is C16H11IN2O4. The molecule has 6 nitrogen and oxygen atoms in total. The fourth-order valence-corrected chi connectivity index (χ4v) is 2.33. The van der Waals surface area contributed by atoms with Crippen molar-refractivity contribution in [1.82, 2.24) is 4.98 Å². The first kappa shape index (κ1) is 15.5. The van der Waals surface area contributed by atoms with Gasteiger partial charge in [-0.2, -0.15) is 0 Å². The molecule has 116 valence electrons. The molecule has 23 heavy (non-hydrogen) atoms. The molecule has 0 saturated carbocycles. The number of nitrogens with zero attached hydrogens (tertiary/aromatic N) is 1. The Bertz CT molecular complexity index is 935. The van der Waals surface area contributed by atoms with Crippen LogP contribution in [-0.2, 0) is 0 Å². The normalized spacial score (nSPS) is 10.5. The maximum absolute atomic E-state index is 12.2. The van der Waals surface area contributed by atoms with Crippen molar-refractivity contribution in [3.63, 3.8) is 0 Å². The Labute approximate surface area is 144 Å². The van der Waals surface area contributed by atoms with E-state index in [2.05, 4.69) is 32.9 Å². The van der Waals surface area contributed by atoms with Gasteiger partial charge >= 0.3 is 5.63 Å². The summed E-state index contributed by atoms with van der Waals surface area (Å²) in [7, 11) is 1.52. The van der Waals surface area contributed by atoms with E-state index in [1.54, 1.807) is 36.5 Å². The van der Waals surface area contributed by atoms with Crippen molar-refractivity contribution in [3.8, 4) is 5.75 Å². The summed E-state index contributed by atoms with van der Waals surface area (Å²) in [6.45, 7) is 0. The fourth-order valence-electron chi connectivity index (χ4n) is 2.01. The van der Waals surface area contributed by atoms with Crippen LogP contribution < -0.4 is 15.7 Å². The summed E-state index contributed by atoms with van der Waals surface area (Å²) >= 11 is 2.11. The Morgan fingerprint density at radius 3 is 2.78 bits per heavy atom. The SMILES string of the molecule is COc1ccc2cc(C(=O)Nc3ccc(I)cn3)c(=O)oc2c1. The maximum atomic E-state index is 12.2. The van der Waals surface area contributed by atoms with Crippen LogP contribution in [0.25, 0.3) is 11.0 Å². The third-order valence-electron chi connectivity index (χ3n) is 3.16. The Morgan fingerprint density at radius 1 is 1.26 bits per heavy atom. The van der Waals surface area contributed by atoms with Crippen molar-refractivity contribution in [1.29, 1.82) is 0 Å². The van der Waals surface area contributed by atoms with Gasteiger partial charge in [0.05, 0.1) is 7.11 Å². The lowest BCUT2D eigenvalue weighted by Gasteiger charge is -2.05. The number of fused-ring (bicyclic) bond motifs is 1. The van der Waals surface area contributed by atoms with Crippen molar-refractivity contribution >= 4 is 45.3 Å². The molecule has 3 aromatic rings. The number of carbonyl (C=O) groups excluding carboxylic acids is 1. The molecule has 3 rings (SSSR count). The minimum atomic E-state index is -0.714. The summed E-state index contributed by atoms with van der Waals surface area (Å²) in [5.74, 6) is 0.371. The highest BCUT2D eigenvalue weighted by atomic mass is 127. The molecule has 0 aliphatic carbocycles. The molecule has 7 heteroatoms. The van der Waals surface area contributed by atoms with E-state index >= 15 is 0 Å². The molecule has 0 radical (unpaired) electrons. The smallest absolute Gasteiger partial charge is 0.349 e. The van der Waals surface area contributed by atoms with E-state index in [-0.39, 0.29) is 5.56 Å². The van der Waals surface area contributed by atoms with Crippen molar-refractivity contribution in [2.75, 3.05) is 12.4 Å². The summed E-state index contributed by atoms with van der Waals surface area (Å²) < 4.78 is 11.2. The van der Waals surface area contributed by atoms with E-state index in [4.69, 9.17) is 9.15 Å². The van der Waals surface area contributed by atoms with Gasteiger partial charge in [0, 0.05) is 21.2 Å². The zero-order valence-corrected chi connectivity index (χ0v) is 14.2. The zero-order chi connectivity index (χ0) is 16.4. The lowest BCUT2D eigenvalue weighted by Crippen LogP contribution is -2.21. The summed E-state index contributed by atoms with van der Waals surface area (Å²) in [6, 6.07) is 10.00. The predicted octanol–water partition coefficient (Wildman–Crippen LogP) is 3.05. The van der Waals surface area contributed by atoms with Gasteiger partial charge in [-0.05, 0) is 52.9 Å². The van der Waals surface area contributed by atoms with Crippen molar-refractivity contribution in [3.05, 3.63) is 62.1 Å². The van der Waals surface area contributed by atoms with Gasteiger partial charge in [0.1, 0.15) is 22.7 Å². The Balaban J connectivity index is 1.95. The molecule has 0 fully saturated rings. The van der Waals surface area contributed by atoms with Crippen molar-refractivity contribution in [2.45, 2.75) is 0 Å². The topological polar surface area (TPSA) is 81.4 Å². The Hall–Kier alpha value is -2.42. The number of aromatic nitrogens is 1. The largest absolute Gasteiger partial charge is 0.497 e. The third kappa shape index (κ3) is 3.34. The van der Waals surface area contributed by atoms with Crippen molar-refractivity contribution < 1.29 is 13.9 Å². The van der Waals surface area contributed by atoms with Crippen LogP contribution in [0, 0.1) is 3.57 Å². The molecule has 1 amide bonds. The van der Waals surface area contributed by atoms with Crippen LogP contribution in [0.1, 0.15) is 10.4 Å². The van der Waals surface area contributed by atoms with E-state index in [9.17, 15) is 9.59 Å². The average molecular weight is 422 g/mol. The van der Waals surface area contributed by atoms with Gasteiger partial charge in [-0.3, -0.25) is 4.79 Å². The van der Waals surface area contributed by atoms with Crippen LogP contribution in [0.15, 0.2) is 51.8 Å². The monoisotopic (exact) mass is 422 g/mol. The Morgan fingerprint density at radius 2 is 2.09 bits per heavy atom. The number of rotatable bonds is 3. The van der Waals surface area contributed by atoms with Gasteiger partial charge in [-0.15, -0.1) is 0 Å². The highest BCUT2D eigenvalue weighted by Gasteiger charge is 2.14. The molecule has 0 spiro atoms. The second-order valence-electron chi connectivity index (χ2n) is 4.67. The molecule has 0 atom stereocenters. The fraction of sp³-hybridized carbons (Fsp3) is 0.0625. The average Bonchev–Trinajstić information content (AvgIpc) is 2.55. The summed E-state index contributed by atoms with van der Waals surface area (Å²) in [6.07, 6.45) is 1.62. The first-order chi connectivity index (χ1) is 11.1.